The SMILES string of the molecule is COC(=O)c1ccc(NC(=O)c2ccc(OC)nc2)c(C)n1. The van der Waals surface area contributed by atoms with Crippen LogP contribution in [0.15, 0.2) is 30.5 Å². The van der Waals surface area contributed by atoms with Gasteiger partial charge in [-0.2, -0.15) is 0 Å². The van der Waals surface area contributed by atoms with Crippen molar-refractivity contribution in [2.24, 2.45) is 0 Å². The highest BCUT2D eigenvalue weighted by Gasteiger charge is 2.12. The van der Waals surface area contributed by atoms with Gasteiger partial charge in [0.1, 0.15) is 5.69 Å². The molecular weight excluding hydrogens is 286 g/mol. The Morgan fingerprint density at radius 3 is 2.45 bits per heavy atom. The van der Waals surface area contributed by atoms with Crippen molar-refractivity contribution >= 4 is 17.6 Å². The van der Waals surface area contributed by atoms with Crippen molar-refractivity contribution in [1.29, 1.82) is 0 Å². The number of methoxy groups -OCH3 is 2. The Balaban J connectivity index is 2.15. The highest BCUT2D eigenvalue weighted by atomic mass is 16.5. The number of aryl methyl sites for hydroxylation is 1. The second-order valence-electron chi connectivity index (χ2n) is 4.36. The second-order valence-corrected chi connectivity index (χ2v) is 4.36. The Kier molecular flexibility index (Phi) is 4.67. The molecule has 2 rings (SSSR count). The van der Waals surface area contributed by atoms with Gasteiger partial charge in [-0.05, 0) is 25.1 Å². The van der Waals surface area contributed by atoms with Crippen LogP contribution in [-0.4, -0.2) is 36.1 Å². The van der Waals surface area contributed by atoms with E-state index in [1.54, 1.807) is 25.1 Å². The Labute approximate surface area is 127 Å². The van der Waals surface area contributed by atoms with Crippen LogP contribution in [0.1, 0.15) is 26.5 Å². The average molecular weight is 301 g/mol. The van der Waals surface area contributed by atoms with E-state index in [-0.39, 0.29) is 11.6 Å². The fourth-order valence-corrected chi connectivity index (χ4v) is 1.74. The van der Waals surface area contributed by atoms with Crippen molar-refractivity contribution in [3.63, 3.8) is 0 Å². The first kappa shape index (κ1) is 15.4. The standard InChI is InChI=1S/C15H15N3O4/c1-9-11(5-6-12(17-9)15(20)22-3)18-14(19)10-4-7-13(21-2)16-8-10/h4-8H,1-3H3,(H,18,19). The molecule has 2 aromatic heterocycles. The van der Waals surface area contributed by atoms with Gasteiger partial charge in [-0.15, -0.1) is 0 Å². The van der Waals surface area contributed by atoms with Crippen LogP contribution in [0, 0.1) is 6.92 Å². The van der Waals surface area contributed by atoms with Crippen LogP contribution in [0.5, 0.6) is 5.88 Å². The molecule has 0 aliphatic carbocycles. The predicted molar refractivity (Wildman–Crippen MR) is 79.1 cm³/mol. The molecule has 0 atom stereocenters. The van der Waals surface area contributed by atoms with Crippen LogP contribution >= 0.6 is 0 Å². The number of aromatic nitrogens is 2. The van der Waals surface area contributed by atoms with Gasteiger partial charge in [0.25, 0.3) is 5.91 Å². The molecule has 7 nitrogen and oxygen atoms in total. The van der Waals surface area contributed by atoms with Crippen LogP contribution in [0.2, 0.25) is 0 Å². The molecule has 114 valence electrons. The molecule has 7 heteroatoms. The molecule has 0 bridgehead atoms. The fraction of sp³-hybridized carbons (Fsp3) is 0.200. The zero-order valence-electron chi connectivity index (χ0n) is 12.4. The number of hydrogen-bond acceptors (Lipinski definition) is 6. The van der Waals surface area contributed by atoms with Crippen LogP contribution in [0.25, 0.3) is 0 Å². The summed E-state index contributed by atoms with van der Waals surface area (Å²) in [7, 11) is 2.78. The van der Waals surface area contributed by atoms with Gasteiger partial charge < -0.3 is 14.8 Å². The molecule has 2 heterocycles. The van der Waals surface area contributed by atoms with E-state index < -0.39 is 5.97 Å². The van der Waals surface area contributed by atoms with E-state index in [0.717, 1.165) is 0 Å². The second kappa shape index (κ2) is 6.66. The molecule has 0 radical (unpaired) electrons. The zero-order valence-corrected chi connectivity index (χ0v) is 12.4. The fourth-order valence-electron chi connectivity index (χ4n) is 1.74. The first-order valence-corrected chi connectivity index (χ1v) is 6.42. The minimum Gasteiger partial charge on any atom is -0.481 e. The van der Waals surface area contributed by atoms with Crippen LogP contribution < -0.4 is 10.1 Å². The number of pyridine rings is 2. The summed E-state index contributed by atoms with van der Waals surface area (Å²) >= 11 is 0. The molecule has 22 heavy (non-hydrogen) atoms. The molecular formula is C15H15N3O4. The first-order valence-electron chi connectivity index (χ1n) is 6.42. The molecule has 0 unspecified atom stereocenters. The lowest BCUT2D eigenvalue weighted by Gasteiger charge is -2.09. The lowest BCUT2D eigenvalue weighted by Crippen LogP contribution is -2.14. The predicted octanol–water partition coefficient (Wildman–Crippen LogP) is 1.83. The van der Waals surface area contributed by atoms with Crippen molar-refractivity contribution in [2.75, 3.05) is 19.5 Å². The van der Waals surface area contributed by atoms with Crippen molar-refractivity contribution in [3.8, 4) is 5.88 Å². The summed E-state index contributed by atoms with van der Waals surface area (Å²) < 4.78 is 9.53. The van der Waals surface area contributed by atoms with Gasteiger partial charge in [-0.3, -0.25) is 4.79 Å². The van der Waals surface area contributed by atoms with Crippen molar-refractivity contribution in [2.45, 2.75) is 6.92 Å². The summed E-state index contributed by atoms with van der Waals surface area (Å²) in [5.41, 5.74) is 1.59. The summed E-state index contributed by atoms with van der Waals surface area (Å²) in [5, 5.41) is 2.71. The van der Waals surface area contributed by atoms with Gasteiger partial charge in [-0.25, -0.2) is 14.8 Å². The third kappa shape index (κ3) is 3.38. The van der Waals surface area contributed by atoms with Gasteiger partial charge >= 0.3 is 5.97 Å². The number of rotatable bonds is 4. The van der Waals surface area contributed by atoms with Gasteiger partial charge in [0.15, 0.2) is 0 Å². The maximum absolute atomic E-state index is 12.1. The summed E-state index contributed by atoms with van der Waals surface area (Å²) in [6, 6.07) is 6.29. The topological polar surface area (TPSA) is 90.4 Å². The van der Waals surface area contributed by atoms with Crippen LogP contribution in [0.3, 0.4) is 0 Å². The van der Waals surface area contributed by atoms with Gasteiger partial charge in [-0.1, -0.05) is 0 Å². The lowest BCUT2D eigenvalue weighted by molar-refractivity contribution is 0.0593. The summed E-state index contributed by atoms with van der Waals surface area (Å²) in [5.74, 6) is -0.428. The van der Waals surface area contributed by atoms with Crippen LogP contribution in [0.4, 0.5) is 5.69 Å². The van der Waals surface area contributed by atoms with E-state index in [2.05, 4.69) is 20.0 Å². The maximum atomic E-state index is 12.1. The van der Waals surface area contributed by atoms with E-state index in [1.807, 2.05) is 0 Å². The largest absolute Gasteiger partial charge is 0.481 e. The van der Waals surface area contributed by atoms with Gasteiger partial charge in [0, 0.05) is 12.3 Å². The van der Waals surface area contributed by atoms with E-state index in [1.165, 1.54) is 26.5 Å². The van der Waals surface area contributed by atoms with Crippen molar-refractivity contribution < 1.29 is 19.1 Å². The molecule has 0 aromatic carbocycles. The number of esters is 1. The van der Waals surface area contributed by atoms with E-state index in [0.29, 0.717) is 22.8 Å². The molecule has 1 N–H and O–H groups in total. The molecule has 1 amide bonds. The Hall–Kier alpha value is -2.96. The zero-order chi connectivity index (χ0) is 16.1. The molecule has 2 aromatic rings. The van der Waals surface area contributed by atoms with E-state index >= 15 is 0 Å². The summed E-state index contributed by atoms with van der Waals surface area (Å²) in [6.07, 6.45) is 1.42. The number of carbonyl (C=O) groups is 2. The molecule has 0 saturated heterocycles. The lowest BCUT2D eigenvalue weighted by atomic mass is 10.2. The molecule has 0 fully saturated rings. The number of anilines is 1. The number of hydrogen-bond donors (Lipinski definition) is 1. The minimum atomic E-state index is -0.527. The van der Waals surface area contributed by atoms with Crippen molar-refractivity contribution in [3.05, 3.63) is 47.4 Å². The Morgan fingerprint density at radius 2 is 1.91 bits per heavy atom. The third-order valence-electron chi connectivity index (χ3n) is 2.94. The summed E-state index contributed by atoms with van der Waals surface area (Å²) in [4.78, 5) is 31.6. The van der Waals surface area contributed by atoms with Gasteiger partial charge in [0.05, 0.1) is 31.2 Å². The van der Waals surface area contributed by atoms with E-state index in [9.17, 15) is 9.59 Å². The normalized spacial score (nSPS) is 9.95. The third-order valence-corrected chi connectivity index (χ3v) is 2.94. The highest BCUT2D eigenvalue weighted by Crippen LogP contribution is 2.15. The number of nitrogens with one attached hydrogen (secondary N) is 1. The number of nitrogens with zero attached hydrogens (tertiary/aromatic N) is 2. The quantitative estimate of drug-likeness (QED) is 0.866. The maximum Gasteiger partial charge on any atom is 0.356 e. The highest BCUT2D eigenvalue weighted by molar-refractivity contribution is 6.04. The number of carbonyl (C=O) groups excluding carboxylic acids is 2. The number of amides is 1. The summed E-state index contributed by atoms with van der Waals surface area (Å²) in [6.45, 7) is 1.69. The average Bonchev–Trinajstić information content (AvgIpc) is 2.55. The van der Waals surface area contributed by atoms with Crippen LogP contribution in [-0.2, 0) is 4.74 Å². The molecule has 0 aliphatic rings. The first-order chi connectivity index (χ1) is 10.5. The Morgan fingerprint density at radius 1 is 1.14 bits per heavy atom. The van der Waals surface area contributed by atoms with Gasteiger partial charge in [0.2, 0.25) is 5.88 Å². The Bertz CT molecular complexity index is 698. The smallest absolute Gasteiger partial charge is 0.356 e. The molecule has 0 spiro atoms. The molecule has 0 aliphatic heterocycles. The number of ether oxygens (including phenoxy) is 2. The van der Waals surface area contributed by atoms with E-state index in [4.69, 9.17) is 4.74 Å². The monoisotopic (exact) mass is 301 g/mol. The minimum absolute atomic E-state index is 0.184. The van der Waals surface area contributed by atoms with Crippen molar-refractivity contribution in [1.82, 2.24) is 9.97 Å². The molecule has 0 saturated carbocycles.